The van der Waals surface area contributed by atoms with Crippen LogP contribution in [0.2, 0.25) is 0 Å². The van der Waals surface area contributed by atoms with Gasteiger partial charge in [0.2, 0.25) is 11.8 Å². The maximum Gasteiger partial charge on any atom is 0.335 e. The highest BCUT2D eigenvalue weighted by molar-refractivity contribution is 6.12. The van der Waals surface area contributed by atoms with Crippen LogP contribution in [-0.4, -0.2) is 34.0 Å². The van der Waals surface area contributed by atoms with Crippen LogP contribution in [0.4, 0.5) is 20.2 Å². The molecule has 0 bridgehead atoms. The van der Waals surface area contributed by atoms with E-state index in [0.717, 1.165) is 44.8 Å². The molecule has 2 aliphatic heterocycles. The smallest absolute Gasteiger partial charge is 0.335 e. The predicted octanol–water partition coefficient (Wildman–Crippen LogP) is 8.99. The molecule has 2 aliphatic carbocycles. The molecule has 0 saturated heterocycles. The van der Waals surface area contributed by atoms with E-state index < -0.39 is 22.8 Å². The van der Waals surface area contributed by atoms with E-state index in [1.165, 1.54) is 24.3 Å². The number of carbonyl (C=O) groups is 4. The van der Waals surface area contributed by atoms with E-state index in [1.54, 1.807) is 70.5 Å². The molecular formula is C48H36F2N2O6. The van der Waals surface area contributed by atoms with Crippen molar-refractivity contribution in [3.63, 3.8) is 0 Å². The van der Waals surface area contributed by atoms with E-state index >= 15 is 0 Å². The molecule has 2 saturated carbocycles. The molecule has 2 spiro atoms. The lowest BCUT2D eigenvalue weighted by Gasteiger charge is -2.19. The van der Waals surface area contributed by atoms with Gasteiger partial charge in [0.1, 0.15) is 11.6 Å². The van der Waals surface area contributed by atoms with Gasteiger partial charge in [-0.25, -0.2) is 18.4 Å². The molecule has 58 heavy (non-hydrogen) atoms. The van der Waals surface area contributed by atoms with Gasteiger partial charge in [0.25, 0.3) is 0 Å². The molecule has 4 atom stereocenters. The molecule has 10 heteroatoms. The van der Waals surface area contributed by atoms with Crippen LogP contribution in [0.3, 0.4) is 0 Å². The van der Waals surface area contributed by atoms with Gasteiger partial charge in [0.15, 0.2) is 0 Å². The topological polar surface area (TPSA) is 115 Å². The summed E-state index contributed by atoms with van der Waals surface area (Å²) in [6.45, 7) is 0.629. The first-order valence-corrected chi connectivity index (χ1v) is 19.0. The van der Waals surface area contributed by atoms with E-state index in [-0.39, 0.29) is 46.4 Å². The van der Waals surface area contributed by atoms with Gasteiger partial charge in [0, 0.05) is 23.2 Å². The largest absolute Gasteiger partial charge is 0.478 e. The van der Waals surface area contributed by atoms with E-state index in [0.29, 0.717) is 25.9 Å². The lowest BCUT2D eigenvalue weighted by molar-refractivity contribution is -0.121. The van der Waals surface area contributed by atoms with Gasteiger partial charge in [-0.2, -0.15) is 0 Å². The van der Waals surface area contributed by atoms with Gasteiger partial charge in [0.05, 0.1) is 35.0 Å². The van der Waals surface area contributed by atoms with Crippen LogP contribution in [-0.2, 0) is 33.5 Å². The van der Waals surface area contributed by atoms with Crippen molar-refractivity contribution in [2.45, 2.75) is 48.6 Å². The maximum absolute atomic E-state index is 13.6. The Morgan fingerprint density at radius 1 is 0.534 bits per heavy atom. The van der Waals surface area contributed by atoms with Crippen LogP contribution >= 0.6 is 0 Å². The Morgan fingerprint density at radius 3 is 1.29 bits per heavy atom. The summed E-state index contributed by atoms with van der Waals surface area (Å²) in [5, 5.41) is 18.5. The third kappa shape index (κ3) is 6.03. The number of benzene rings is 6. The number of hydrogen-bond donors (Lipinski definition) is 2. The van der Waals surface area contributed by atoms with E-state index in [9.17, 15) is 38.2 Å². The Bertz CT molecular complexity index is 2460. The van der Waals surface area contributed by atoms with Gasteiger partial charge in [-0.1, -0.05) is 84.9 Å². The fraction of sp³-hybridized carbons (Fsp3) is 0.167. The molecular weight excluding hydrogens is 739 g/mol. The number of carboxylic acid groups (broad SMARTS) is 2. The number of carboxylic acids is 2. The molecule has 6 aromatic rings. The Hall–Kier alpha value is -6.94. The summed E-state index contributed by atoms with van der Waals surface area (Å²) < 4.78 is 26.7. The lowest BCUT2D eigenvalue weighted by atomic mass is 9.92. The van der Waals surface area contributed by atoms with Crippen molar-refractivity contribution in [2.75, 3.05) is 9.80 Å². The highest BCUT2D eigenvalue weighted by atomic mass is 19.1. The Morgan fingerprint density at radius 2 is 0.914 bits per heavy atom. The zero-order valence-corrected chi connectivity index (χ0v) is 31.0. The summed E-state index contributed by atoms with van der Waals surface area (Å²) in [5.74, 6) is -2.48. The first-order chi connectivity index (χ1) is 28.0. The molecule has 2 heterocycles. The molecule has 8 nitrogen and oxygen atoms in total. The van der Waals surface area contributed by atoms with Crippen LogP contribution < -0.4 is 9.80 Å². The van der Waals surface area contributed by atoms with Gasteiger partial charge in [-0.3, -0.25) is 9.59 Å². The number of rotatable bonds is 8. The molecule has 2 N–H and O–H groups in total. The highest BCUT2D eigenvalue weighted by Gasteiger charge is 2.68. The van der Waals surface area contributed by atoms with Gasteiger partial charge < -0.3 is 20.0 Å². The molecule has 10 rings (SSSR count). The second-order valence-corrected chi connectivity index (χ2v) is 15.4. The molecule has 0 radical (unpaired) electrons. The quantitative estimate of drug-likeness (QED) is 0.160. The number of aromatic carboxylic acids is 2. The molecule has 288 valence electrons. The molecule has 2 amide bonds. The first-order valence-electron chi connectivity index (χ1n) is 19.0. The zero-order chi connectivity index (χ0) is 40.3. The number of para-hydroxylation sites is 2. The fourth-order valence-electron chi connectivity index (χ4n) is 9.18. The molecule has 4 aliphatic rings. The third-order valence-electron chi connectivity index (χ3n) is 12.1. The van der Waals surface area contributed by atoms with Crippen molar-refractivity contribution in [3.8, 4) is 0 Å². The number of amides is 2. The summed E-state index contributed by atoms with van der Waals surface area (Å²) >= 11 is 0. The summed E-state index contributed by atoms with van der Waals surface area (Å²) in [6.07, 6.45) is 1.39. The Kier molecular flexibility index (Phi) is 8.80. The van der Waals surface area contributed by atoms with E-state index in [4.69, 9.17) is 0 Å². The fourth-order valence-corrected chi connectivity index (χ4v) is 9.18. The second kappa shape index (κ2) is 13.9. The summed E-state index contributed by atoms with van der Waals surface area (Å²) in [7, 11) is 0. The number of nitrogens with zero attached hydrogens (tertiary/aromatic N) is 2. The summed E-state index contributed by atoms with van der Waals surface area (Å²) in [4.78, 5) is 53.2. The second-order valence-electron chi connectivity index (χ2n) is 15.4. The maximum atomic E-state index is 13.6. The predicted molar refractivity (Wildman–Crippen MR) is 213 cm³/mol. The van der Waals surface area contributed by atoms with E-state index in [2.05, 4.69) is 0 Å². The van der Waals surface area contributed by atoms with Crippen LogP contribution in [0.25, 0.3) is 0 Å². The van der Waals surface area contributed by atoms with Crippen molar-refractivity contribution in [1.29, 1.82) is 0 Å². The van der Waals surface area contributed by atoms with Crippen LogP contribution in [0, 0.1) is 11.6 Å². The number of fused-ring (bicyclic) bond motifs is 4. The number of carbonyl (C=O) groups excluding carboxylic acids is 2. The standard InChI is InChI=1S/2C24H18FNO3/c2*25-18-10-8-16(9-11-18)20-13-24(20)19-6-1-2-7-21(19)26(23(24)29)14-15-4-3-5-17(12-15)22(27)28/h2*1-12,20H,13-14H2,(H,27,28)/t2*20-,24+/m10/s1. The van der Waals surface area contributed by atoms with Gasteiger partial charge in [-0.15, -0.1) is 0 Å². The van der Waals surface area contributed by atoms with E-state index in [1.807, 2.05) is 60.7 Å². The average molecular weight is 775 g/mol. The number of hydrogen-bond acceptors (Lipinski definition) is 4. The van der Waals surface area contributed by atoms with Crippen LogP contribution in [0.1, 0.15) is 78.8 Å². The van der Waals surface area contributed by atoms with Crippen molar-refractivity contribution >= 4 is 35.1 Å². The van der Waals surface area contributed by atoms with Gasteiger partial charge >= 0.3 is 11.9 Å². The minimum Gasteiger partial charge on any atom is -0.478 e. The van der Waals surface area contributed by atoms with Crippen LogP contribution in [0.5, 0.6) is 0 Å². The SMILES string of the molecule is O=C(O)c1cccc(CN2C(=O)[C@@]3(C[C@@H]3c3ccc(F)cc3)c3ccccc32)c1.O=C(O)c1cccc(CN2C(=O)[C@]3(C[C@H]3c3ccc(F)cc3)c3ccccc32)c1. The molecule has 2 fully saturated rings. The highest BCUT2D eigenvalue weighted by Crippen LogP contribution is 2.67. The minimum atomic E-state index is -0.991. The zero-order valence-electron chi connectivity index (χ0n) is 31.0. The molecule has 0 aromatic heterocycles. The summed E-state index contributed by atoms with van der Waals surface area (Å²) in [5.41, 5.74) is 6.35. The third-order valence-corrected chi connectivity index (χ3v) is 12.1. The minimum absolute atomic E-state index is 0.0205. The average Bonchev–Trinajstić information content (AvgIpc) is 4.14. The Labute approximate surface area is 332 Å². The number of halogens is 2. The molecule has 0 unspecified atom stereocenters. The van der Waals surface area contributed by atoms with Crippen molar-refractivity contribution in [3.05, 3.63) is 202 Å². The monoisotopic (exact) mass is 774 g/mol. The van der Waals surface area contributed by atoms with Crippen molar-refractivity contribution in [1.82, 2.24) is 0 Å². The number of anilines is 2. The normalized spacial score (nSPS) is 22.0. The lowest BCUT2D eigenvalue weighted by Crippen LogP contribution is -2.32. The van der Waals surface area contributed by atoms with Gasteiger partial charge in [-0.05, 0) is 107 Å². The van der Waals surface area contributed by atoms with Crippen LogP contribution in [0.15, 0.2) is 146 Å². The van der Waals surface area contributed by atoms with Crippen molar-refractivity contribution < 1.29 is 38.2 Å². The molecule has 6 aromatic carbocycles. The Balaban J connectivity index is 0.000000150. The first kappa shape index (κ1) is 36.7. The summed E-state index contributed by atoms with van der Waals surface area (Å²) in [6, 6.07) is 41.6. The van der Waals surface area contributed by atoms with Crippen molar-refractivity contribution in [2.24, 2.45) is 0 Å².